The predicted molar refractivity (Wildman–Crippen MR) is 87.1 cm³/mol. The first-order valence-electron chi connectivity index (χ1n) is 6.78. The molecule has 0 aliphatic heterocycles. The highest BCUT2D eigenvalue weighted by Gasteiger charge is 2.22. The van der Waals surface area contributed by atoms with Gasteiger partial charge in [-0.1, -0.05) is 18.2 Å². The summed E-state index contributed by atoms with van der Waals surface area (Å²) in [4.78, 5) is 0.0471. The van der Waals surface area contributed by atoms with Gasteiger partial charge in [-0.25, -0.2) is 21.6 Å². The van der Waals surface area contributed by atoms with Gasteiger partial charge in [0.05, 0.1) is 17.1 Å². The van der Waals surface area contributed by atoms with Gasteiger partial charge in [0.25, 0.3) is 0 Å². The van der Waals surface area contributed by atoms with E-state index >= 15 is 0 Å². The molecule has 2 aromatic rings. The number of nitrogens with one attached hydrogen (secondary N) is 3. The minimum atomic E-state index is -3.81. The standard InChI is InChI=1S/C13H18N4O4S2/c1-10-13(11(2)16-15-10)23(20,21)14-8-9-22(18,19)17-12-6-4-3-5-7-12/h3-7,14,17H,8-9H2,1-2H3,(H,15,16). The molecular weight excluding hydrogens is 340 g/mol. The molecule has 2 rings (SSSR count). The lowest BCUT2D eigenvalue weighted by atomic mass is 10.3. The number of para-hydroxylation sites is 1. The second kappa shape index (κ2) is 6.69. The molecule has 0 amide bonds. The van der Waals surface area contributed by atoms with Crippen molar-refractivity contribution in [2.24, 2.45) is 0 Å². The summed E-state index contributed by atoms with van der Waals surface area (Å²) in [5.74, 6) is -0.378. The number of hydrogen-bond acceptors (Lipinski definition) is 5. The Morgan fingerprint density at radius 3 is 2.30 bits per heavy atom. The summed E-state index contributed by atoms with van der Waals surface area (Å²) in [5, 5.41) is 6.40. The number of aromatic amines is 1. The van der Waals surface area contributed by atoms with Crippen molar-refractivity contribution in [2.75, 3.05) is 17.0 Å². The molecule has 8 nitrogen and oxygen atoms in total. The average molecular weight is 358 g/mol. The molecule has 0 spiro atoms. The second-order valence-electron chi connectivity index (χ2n) is 4.95. The van der Waals surface area contributed by atoms with Crippen LogP contribution in [0.2, 0.25) is 0 Å². The molecular formula is C13H18N4O4S2. The van der Waals surface area contributed by atoms with Crippen LogP contribution in [-0.4, -0.2) is 39.3 Å². The van der Waals surface area contributed by atoms with Gasteiger partial charge in [0.1, 0.15) is 4.90 Å². The van der Waals surface area contributed by atoms with E-state index in [0.717, 1.165) is 0 Å². The van der Waals surface area contributed by atoms with Crippen LogP contribution in [-0.2, 0) is 20.0 Å². The SMILES string of the molecule is Cc1n[nH]c(C)c1S(=O)(=O)NCCS(=O)(=O)Nc1ccccc1. The number of hydrogen-bond donors (Lipinski definition) is 3. The molecule has 1 aromatic heterocycles. The summed E-state index contributed by atoms with van der Waals surface area (Å²) in [7, 11) is -7.46. The van der Waals surface area contributed by atoms with Crippen LogP contribution < -0.4 is 9.44 Å². The van der Waals surface area contributed by atoms with Crippen LogP contribution in [0.4, 0.5) is 5.69 Å². The molecule has 0 saturated heterocycles. The van der Waals surface area contributed by atoms with Crippen molar-refractivity contribution in [1.29, 1.82) is 0 Å². The van der Waals surface area contributed by atoms with E-state index in [0.29, 0.717) is 17.1 Å². The normalized spacial score (nSPS) is 12.3. The largest absolute Gasteiger partial charge is 0.284 e. The first kappa shape index (κ1) is 17.4. The number of H-pyrrole nitrogens is 1. The van der Waals surface area contributed by atoms with Gasteiger partial charge in [0.15, 0.2) is 0 Å². The minimum absolute atomic E-state index is 0.0471. The van der Waals surface area contributed by atoms with E-state index in [1.165, 1.54) is 0 Å². The zero-order chi connectivity index (χ0) is 17.1. The summed E-state index contributed by atoms with van der Waals surface area (Å²) in [6.07, 6.45) is 0. The molecule has 0 fully saturated rings. The number of aryl methyl sites for hydroxylation is 2. The molecule has 1 aromatic carbocycles. The number of benzene rings is 1. The van der Waals surface area contributed by atoms with Gasteiger partial charge in [0, 0.05) is 12.2 Å². The van der Waals surface area contributed by atoms with E-state index in [2.05, 4.69) is 19.6 Å². The molecule has 1 heterocycles. The van der Waals surface area contributed by atoms with Gasteiger partial charge in [-0.05, 0) is 26.0 Å². The number of aromatic nitrogens is 2. The van der Waals surface area contributed by atoms with E-state index in [4.69, 9.17) is 0 Å². The van der Waals surface area contributed by atoms with Crippen LogP contribution in [0.25, 0.3) is 0 Å². The highest BCUT2D eigenvalue weighted by Crippen LogP contribution is 2.16. The Hall–Kier alpha value is -1.91. The molecule has 0 bridgehead atoms. The van der Waals surface area contributed by atoms with Gasteiger partial charge < -0.3 is 0 Å². The van der Waals surface area contributed by atoms with Crippen LogP contribution in [0.1, 0.15) is 11.4 Å². The molecule has 3 N–H and O–H groups in total. The number of anilines is 1. The van der Waals surface area contributed by atoms with Gasteiger partial charge in [0.2, 0.25) is 20.0 Å². The van der Waals surface area contributed by atoms with Gasteiger partial charge >= 0.3 is 0 Å². The molecule has 0 aliphatic carbocycles. The van der Waals surface area contributed by atoms with Crippen molar-refractivity contribution in [1.82, 2.24) is 14.9 Å². The molecule has 0 radical (unpaired) electrons. The first-order chi connectivity index (χ1) is 10.7. The van der Waals surface area contributed by atoms with E-state index in [1.807, 2.05) is 0 Å². The minimum Gasteiger partial charge on any atom is -0.284 e. The molecule has 10 heteroatoms. The highest BCUT2D eigenvalue weighted by atomic mass is 32.2. The Labute approximate surface area is 135 Å². The summed E-state index contributed by atoms with van der Waals surface area (Å²) >= 11 is 0. The lowest BCUT2D eigenvalue weighted by molar-refractivity contribution is 0.581. The topological polar surface area (TPSA) is 121 Å². The Kier molecular flexibility index (Phi) is 5.07. The molecule has 126 valence electrons. The summed E-state index contributed by atoms with van der Waals surface area (Å²) in [6, 6.07) is 8.39. The lowest BCUT2D eigenvalue weighted by Gasteiger charge is -2.09. The van der Waals surface area contributed by atoms with Crippen molar-refractivity contribution < 1.29 is 16.8 Å². The zero-order valence-corrected chi connectivity index (χ0v) is 14.3. The van der Waals surface area contributed by atoms with Crippen LogP contribution in [0.5, 0.6) is 0 Å². The van der Waals surface area contributed by atoms with Crippen LogP contribution in [0, 0.1) is 13.8 Å². The van der Waals surface area contributed by atoms with E-state index in [9.17, 15) is 16.8 Å². The summed E-state index contributed by atoms with van der Waals surface area (Å²) in [6.45, 7) is 2.91. The number of sulfonamides is 2. The van der Waals surface area contributed by atoms with Crippen molar-refractivity contribution in [3.63, 3.8) is 0 Å². The van der Waals surface area contributed by atoms with Gasteiger partial charge in [-0.15, -0.1) is 0 Å². The Morgan fingerprint density at radius 1 is 1.09 bits per heavy atom. The Balaban J connectivity index is 1.99. The molecule has 0 saturated carbocycles. The molecule has 23 heavy (non-hydrogen) atoms. The smallest absolute Gasteiger partial charge is 0.244 e. The van der Waals surface area contributed by atoms with E-state index in [-0.39, 0.29) is 17.2 Å². The third kappa shape index (κ3) is 4.53. The summed E-state index contributed by atoms with van der Waals surface area (Å²) in [5.41, 5.74) is 1.16. The van der Waals surface area contributed by atoms with Crippen LogP contribution >= 0.6 is 0 Å². The molecule has 0 atom stereocenters. The monoisotopic (exact) mass is 358 g/mol. The van der Waals surface area contributed by atoms with Gasteiger partial charge in [-0.3, -0.25) is 9.82 Å². The summed E-state index contributed by atoms with van der Waals surface area (Å²) < 4.78 is 52.9. The zero-order valence-electron chi connectivity index (χ0n) is 12.7. The van der Waals surface area contributed by atoms with Crippen molar-refractivity contribution in [2.45, 2.75) is 18.7 Å². The molecule has 0 aliphatic rings. The molecule has 0 unspecified atom stereocenters. The maximum atomic E-state index is 12.2. The van der Waals surface area contributed by atoms with Crippen molar-refractivity contribution in [3.8, 4) is 0 Å². The fourth-order valence-corrected chi connectivity index (χ4v) is 4.55. The third-order valence-electron chi connectivity index (χ3n) is 3.04. The third-order valence-corrected chi connectivity index (χ3v) is 6.05. The fourth-order valence-electron chi connectivity index (χ4n) is 2.06. The van der Waals surface area contributed by atoms with Crippen molar-refractivity contribution >= 4 is 25.7 Å². The van der Waals surface area contributed by atoms with Crippen molar-refractivity contribution in [3.05, 3.63) is 41.7 Å². The maximum absolute atomic E-state index is 12.2. The van der Waals surface area contributed by atoms with E-state index in [1.54, 1.807) is 44.2 Å². The van der Waals surface area contributed by atoms with Gasteiger partial charge in [-0.2, -0.15) is 5.10 Å². The van der Waals surface area contributed by atoms with E-state index < -0.39 is 20.0 Å². The highest BCUT2D eigenvalue weighted by molar-refractivity contribution is 7.92. The van der Waals surface area contributed by atoms with Crippen LogP contribution in [0.15, 0.2) is 35.2 Å². The quantitative estimate of drug-likeness (QED) is 0.674. The fraction of sp³-hybridized carbons (Fsp3) is 0.308. The maximum Gasteiger partial charge on any atom is 0.244 e. The average Bonchev–Trinajstić information content (AvgIpc) is 2.78. The van der Waals surface area contributed by atoms with Crippen LogP contribution in [0.3, 0.4) is 0 Å². The Bertz CT molecular complexity index is 854. The number of rotatable bonds is 7. The Morgan fingerprint density at radius 2 is 1.74 bits per heavy atom. The first-order valence-corrected chi connectivity index (χ1v) is 9.91. The lowest BCUT2D eigenvalue weighted by Crippen LogP contribution is -2.31. The number of nitrogens with zero attached hydrogens (tertiary/aromatic N) is 1. The second-order valence-corrected chi connectivity index (χ2v) is 8.49. The predicted octanol–water partition coefficient (Wildman–Crippen LogP) is 0.747.